The molecule has 316 valence electrons. The molecule has 2 atom stereocenters. The molecule has 0 saturated carbocycles. The fourth-order valence-corrected chi connectivity index (χ4v) is 6.08. The normalized spacial score (nSPS) is 17.7. The standard InChI is InChI=1S/C22H32N4O4.C20H28N4O4/c1-15-13-26(14-16(2)29-15)10-11-28-18-8-6-17(7-9-18)23-21(27)24-20-12-19(30-25-20)22(3,4)5;1-20(2,3)17-14-18(23-28-17)22-19(25)21-15-4-6-16(7-5-15)27-13-10-24-8-11-26-12-9-24/h6-9,12,15-16H,10-11,13-14H2,1-5H3,(H2,23,24,25,27);4-7,14H,8-13H2,1-3H3,(H2,21,22,23,25). The van der Waals surface area contributed by atoms with Gasteiger partial charge in [0.2, 0.25) is 0 Å². The molecular formula is C42H60N8O8. The Morgan fingerprint density at radius 2 is 1.07 bits per heavy atom. The number of nitrogens with zero attached hydrogens (tertiary/aromatic N) is 4. The molecule has 2 aliphatic heterocycles. The third-order valence-corrected chi connectivity index (χ3v) is 9.16. The SMILES string of the molecule is CC(C)(C)c1cc(NC(=O)Nc2ccc(OCCN3CCOCC3)cc2)no1.CC1CN(CCOc2ccc(NC(=O)Nc3cc(C(C)(C)C)on3)cc2)CC(C)O1. The summed E-state index contributed by atoms with van der Waals surface area (Å²) in [6.07, 6.45) is 0.505. The van der Waals surface area contributed by atoms with Crippen molar-refractivity contribution in [2.24, 2.45) is 0 Å². The van der Waals surface area contributed by atoms with Crippen LogP contribution >= 0.6 is 0 Å². The van der Waals surface area contributed by atoms with Crippen LogP contribution in [0.25, 0.3) is 0 Å². The van der Waals surface area contributed by atoms with Crippen LogP contribution in [-0.2, 0) is 20.3 Å². The lowest BCUT2D eigenvalue weighted by Gasteiger charge is -2.35. The first-order chi connectivity index (χ1) is 27.6. The molecule has 4 aromatic rings. The van der Waals surface area contributed by atoms with E-state index >= 15 is 0 Å². The monoisotopic (exact) mass is 804 g/mol. The van der Waals surface area contributed by atoms with Gasteiger partial charge in [0.25, 0.3) is 0 Å². The second kappa shape index (κ2) is 20.5. The van der Waals surface area contributed by atoms with E-state index in [1.165, 1.54) is 0 Å². The molecule has 4 N–H and O–H groups in total. The Morgan fingerprint density at radius 3 is 1.47 bits per heavy atom. The second-order valence-electron chi connectivity index (χ2n) is 16.5. The van der Waals surface area contributed by atoms with Gasteiger partial charge in [-0.15, -0.1) is 0 Å². The van der Waals surface area contributed by atoms with Gasteiger partial charge in [0, 0.05) is 73.6 Å². The van der Waals surface area contributed by atoms with E-state index in [1.807, 2.05) is 65.8 Å². The van der Waals surface area contributed by atoms with Crippen molar-refractivity contribution in [3.8, 4) is 11.5 Å². The van der Waals surface area contributed by atoms with Crippen LogP contribution in [0.5, 0.6) is 11.5 Å². The van der Waals surface area contributed by atoms with Crippen LogP contribution in [0.15, 0.2) is 69.7 Å². The highest BCUT2D eigenvalue weighted by atomic mass is 16.5. The first-order valence-corrected chi connectivity index (χ1v) is 19.8. The van der Waals surface area contributed by atoms with Gasteiger partial charge in [-0.25, -0.2) is 9.59 Å². The molecule has 2 saturated heterocycles. The minimum Gasteiger partial charge on any atom is -0.492 e. The molecule has 0 bridgehead atoms. The van der Waals surface area contributed by atoms with Crippen molar-refractivity contribution >= 4 is 35.1 Å². The summed E-state index contributed by atoms with van der Waals surface area (Å²) < 4.78 is 33.2. The van der Waals surface area contributed by atoms with Crippen molar-refractivity contribution in [2.75, 3.05) is 87.0 Å². The minimum atomic E-state index is -0.381. The summed E-state index contributed by atoms with van der Waals surface area (Å²) in [5.41, 5.74) is 0.992. The molecule has 0 spiro atoms. The number of rotatable bonds is 12. The number of hydrogen-bond acceptors (Lipinski definition) is 12. The highest BCUT2D eigenvalue weighted by Gasteiger charge is 2.23. The van der Waals surface area contributed by atoms with E-state index in [1.54, 1.807) is 36.4 Å². The van der Waals surface area contributed by atoms with E-state index in [9.17, 15) is 9.59 Å². The van der Waals surface area contributed by atoms with Crippen molar-refractivity contribution in [1.82, 2.24) is 20.1 Å². The maximum absolute atomic E-state index is 12.2. The first kappa shape index (κ1) is 44.0. The van der Waals surface area contributed by atoms with Gasteiger partial charge in [0.1, 0.15) is 36.2 Å². The van der Waals surface area contributed by atoms with Gasteiger partial charge in [0.15, 0.2) is 11.6 Å². The quantitative estimate of drug-likeness (QED) is 0.112. The Balaban J connectivity index is 0.000000221. The van der Waals surface area contributed by atoms with E-state index in [2.05, 4.69) is 55.2 Å². The highest BCUT2D eigenvalue weighted by Crippen LogP contribution is 2.26. The zero-order valence-electron chi connectivity index (χ0n) is 35.1. The first-order valence-electron chi connectivity index (χ1n) is 19.8. The fraction of sp³-hybridized carbons (Fsp3) is 0.524. The van der Waals surface area contributed by atoms with E-state index in [4.69, 9.17) is 28.0 Å². The van der Waals surface area contributed by atoms with Crippen LogP contribution in [0, 0.1) is 0 Å². The molecule has 58 heavy (non-hydrogen) atoms. The number of nitrogens with one attached hydrogen (secondary N) is 4. The number of anilines is 4. The molecule has 2 aliphatic rings. The van der Waals surface area contributed by atoms with Crippen LogP contribution in [0.2, 0.25) is 0 Å². The highest BCUT2D eigenvalue weighted by molar-refractivity contribution is 5.99. The van der Waals surface area contributed by atoms with E-state index < -0.39 is 0 Å². The number of amides is 4. The lowest BCUT2D eigenvalue weighted by Crippen LogP contribution is -2.46. The summed E-state index contributed by atoms with van der Waals surface area (Å²) in [7, 11) is 0. The predicted octanol–water partition coefficient (Wildman–Crippen LogP) is 7.43. The number of benzene rings is 2. The molecule has 0 aliphatic carbocycles. The summed E-state index contributed by atoms with van der Waals surface area (Å²) >= 11 is 0. The van der Waals surface area contributed by atoms with Gasteiger partial charge >= 0.3 is 12.1 Å². The van der Waals surface area contributed by atoms with Crippen LogP contribution in [0.3, 0.4) is 0 Å². The van der Waals surface area contributed by atoms with Gasteiger partial charge in [-0.05, 0) is 62.4 Å². The van der Waals surface area contributed by atoms with Crippen LogP contribution in [0.1, 0.15) is 66.9 Å². The second-order valence-corrected chi connectivity index (χ2v) is 16.5. The molecule has 2 fully saturated rings. The maximum Gasteiger partial charge on any atom is 0.324 e. The average Bonchev–Trinajstić information content (AvgIpc) is 3.84. The van der Waals surface area contributed by atoms with Crippen LogP contribution in [0.4, 0.5) is 32.6 Å². The molecule has 16 nitrogen and oxygen atoms in total. The van der Waals surface area contributed by atoms with Crippen LogP contribution in [-0.4, -0.2) is 110 Å². The number of urea groups is 2. The summed E-state index contributed by atoms with van der Waals surface area (Å²) in [6.45, 7) is 24.6. The minimum absolute atomic E-state index is 0.166. The van der Waals surface area contributed by atoms with Crippen molar-refractivity contribution in [1.29, 1.82) is 0 Å². The van der Waals surface area contributed by atoms with Crippen LogP contribution < -0.4 is 30.7 Å². The number of hydrogen-bond donors (Lipinski definition) is 4. The van der Waals surface area contributed by atoms with Crippen molar-refractivity contribution in [3.63, 3.8) is 0 Å². The lowest BCUT2D eigenvalue weighted by atomic mass is 9.93. The largest absolute Gasteiger partial charge is 0.492 e. The molecule has 2 aromatic heterocycles. The molecule has 4 amide bonds. The van der Waals surface area contributed by atoms with Crippen molar-refractivity contribution in [3.05, 3.63) is 72.2 Å². The Morgan fingerprint density at radius 1 is 0.655 bits per heavy atom. The van der Waals surface area contributed by atoms with Crippen molar-refractivity contribution < 1.29 is 37.6 Å². The fourth-order valence-electron chi connectivity index (χ4n) is 6.08. The van der Waals surface area contributed by atoms with E-state index in [-0.39, 0.29) is 35.1 Å². The third kappa shape index (κ3) is 14.7. The topological polar surface area (TPSA) is 178 Å². The smallest absolute Gasteiger partial charge is 0.324 e. The van der Waals surface area contributed by atoms with Gasteiger partial charge in [0.05, 0.1) is 25.4 Å². The summed E-state index contributed by atoms with van der Waals surface area (Å²) in [5, 5.41) is 18.6. The van der Waals surface area contributed by atoms with Gasteiger partial charge in [-0.1, -0.05) is 51.9 Å². The Hall–Kier alpha value is -5.16. The Kier molecular flexibility index (Phi) is 15.5. The molecule has 0 radical (unpaired) electrons. The third-order valence-electron chi connectivity index (χ3n) is 9.16. The molecule has 2 aromatic carbocycles. The van der Waals surface area contributed by atoms with E-state index in [0.29, 0.717) is 47.7 Å². The van der Waals surface area contributed by atoms with Gasteiger partial charge in [-0.2, -0.15) is 0 Å². The average molecular weight is 805 g/mol. The summed E-state index contributed by atoms with van der Waals surface area (Å²) in [5.74, 6) is 3.71. The Labute approximate surface area is 341 Å². The zero-order chi connectivity index (χ0) is 41.7. The number of carbonyl (C=O) groups is 2. The molecule has 6 rings (SSSR count). The summed E-state index contributed by atoms with van der Waals surface area (Å²) in [4.78, 5) is 29.0. The predicted molar refractivity (Wildman–Crippen MR) is 223 cm³/mol. The summed E-state index contributed by atoms with van der Waals surface area (Å²) in [6, 6.07) is 17.3. The molecule has 16 heteroatoms. The lowest BCUT2D eigenvalue weighted by molar-refractivity contribution is -0.0699. The molecule has 2 unspecified atom stereocenters. The zero-order valence-corrected chi connectivity index (χ0v) is 35.1. The van der Waals surface area contributed by atoms with Gasteiger partial charge in [-0.3, -0.25) is 20.4 Å². The Bertz CT molecular complexity index is 1850. The molecular weight excluding hydrogens is 745 g/mol. The number of aromatic nitrogens is 2. The van der Waals surface area contributed by atoms with Crippen molar-refractivity contribution in [2.45, 2.75) is 78.4 Å². The van der Waals surface area contributed by atoms with E-state index in [0.717, 1.165) is 64.0 Å². The van der Waals surface area contributed by atoms with Gasteiger partial charge < -0.3 is 38.6 Å². The number of ether oxygens (including phenoxy) is 4. The number of carbonyl (C=O) groups excluding carboxylic acids is 2. The maximum atomic E-state index is 12.2. The number of morpholine rings is 2. The molecule has 4 heterocycles.